The maximum absolute atomic E-state index is 9.04. The lowest BCUT2D eigenvalue weighted by Gasteiger charge is -2.22. The van der Waals surface area contributed by atoms with Gasteiger partial charge in [0.25, 0.3) is 0 Å². The lowest BCUT2D eigenvalue weighted by molar-refractivity contribution is 0.591. The molecule has 2 heterocycles. The third-order valence-electron chi connectivity index (χ3n) is 3.18. The maximum Gasteiger partial charge on any atom is 0.182 e. The highest BCUT2D eigenvalue weighted by Gasteiger charge is 2.25. The van der Waals surface area contributed by atoms with E-state index in [0.29, 0.717) is 11.5 Å². The van der Waals surface area contributed by atoms with Crippen LogP contribution in [0.15, 0.2) is 12.4 Å². The highest BCUT2D eigenvalue weighted by atomic mass is 32.1. The van der Waals surface area contributed by atoms with E-state index in [1.54, 1.807) is 17.5 Å². The van der Waals surface area contributed by atoms with Gasteiger partial charge >= 0.3 is 0 Å². The van der Waals surface area contributed by atoms with E-state index in [1.165, 1.54) is 11.1 Å². The van der Waals surface area contributed by atoms with Crippen LogP contribution in [-0.4, -0.2) is 15.0 Å². The molecule has 1 aliphatic carbocycles. The predicted molar refractivity (Wildman–Crippen MR) is 72.9 cm³/mol. The first-order valence-corrected chi connectivity index (χ1v) is 7.03. The fourth-order valence-electron chi connectivity index (χ4n) is 2.37. The standard InChI is InChI=1S/C13H13N5S/c1-8-17-12-9(3-2-4-11(12)19-8)18-13-10(7-14)15-5-6-16-13/h5-6,9H,2-4H2,1H3,(H,16,18)/t9-/m1/s1. The Morgan fingerprint density at radius 3 is 3.11 bits per heavy atom. The van der Waals surface area contributed by atoms with Crippen LogP contribution in [0.2, 0.25) is 0 Å². The number of aryl methyl sites for hydroxylation is 2. The summed E-state index contributed by atoms with van der Waals surface area (Å²) in [5, 5.41) is 13.5. The van der Waals surface area contributed by atoms with Crippen molar-refractivity contribution in [2.24, 2.45) is 0 Å². The molecule has 1 aliphatic rings. The minimum atomic E-state index is 0.137. The summed E-state index contributed by atoms with van der Waals surface area (Å²) in [6, 6.07) is 2.20. The summed E-state index contributed by atoms with van der Waals surface area (Å²) in [5.41, 5.74) is 1.45. The lowest BCUT2D eigenvalue weighted by atomic mass is 9.97. The third-order valence-corrected chi connectivity index (χ3v) is 4.22. The van der Waals surface area contributed by atoms with Gasteiger partial charge in [-0.3, -0.25) is 0 Å². The van der Waals surface area contributed by atoms with Crippen LogP contribution in [0.1, 0.15) is 40.2 Å². The monoisotopic (exact) mass is 271 g/mol. The average Bonchev–Trinajstić information content (AvgIpc) is 2.81. The van der Waals surface area contributed by atoms with Crippen molar-refractivity contribution in [3.05, 3.63) is 33.7 Å². The van der Waals surface area contributed by atoms with E-state index >= 15 is 0 Å². The number of anilines is 1. The molecule has 0 fully saturated rings. The van der Waals surface area contributed by atoms with Crippen LogP contribution >= 0.6 is 11.3 Å². The van der Waals surface area contributed by atoms with Gasteiger partial charge in [0.1, 0.15) is 6.07 Å². The number of nitrogens with one attached hydrogen (secondary N) is 1. The quantitative estimate of drug-likeness (QED) is 0.908. The van der Waals surface area contributed by atoms with E-state index < -0.39 is 0 Å². The summed E-state index contributed by atoms with van der Waals surface area (Å²) < 4.78 is 0. The third kappa shape index (κ3) is 2.29. The first kappa shape index (κ1) is 12.1. The van der Waals surface area contributed by atoms with Crippen LogP contribution in [0.5, 0.6) is 0 Å². The van der Waals surface area contributed by atoms with Gasteiger partial charge in [-0.1, -0.05) is 0 Å². The molecule has 2 aromatic rings. The zero-order chi connectivity index (χ0) is 13.2. The van der Waals surface area contributed by atoms with E-state index in [4.69, 9.17) is 5.26 Å². The fourth-order valence-corrected chi connectivity index (χ4v) is 3.41. The maximum atomic E-state index is 9.04. The van der Waals surface area contributed by atoms with Crippen LogP contribution in [0, 0.1) is 18.3 Å². The van der Waals surface area contributed by atoms with Gasteiger partial charge in [0, 0.05) is 17.3 Å². The Morgan fingerprint density at radius 1 is 1.42 bits per heavy atom. The second kappa shape index (κ2) is 4.94. The van der Waals surface area contributed by atoms with Crippen molar-refractivity contribution in [2.75, 3.05) is 5.32 Å². The summed E-state index contributed by atoms with van der Waals surface area (Å²) in [7, 11) is 0. The molecule has 0 aliphatic heterocycles. The summed E-state index contributed by atoms with van der Waals surface area (Å²) in [4.78, 5) is 14.2. The van der Waals surface area contributed by atoms with Crippen LogP contribution < -0.4 is 5.32 Å². The van der Waals surface area contributed by atoms with Crippen LogP contribution in [-0.2, 0) is 6.42 Å². The number of hydrogen-bond donors (Lipinski definition) is 1. The number of aromatic nitrogens is 3. The van der Waals surface area contributed by atoms with E-state index in [1.807, 2.05) is 6.92 Å². The number of fused-ring (bicyclic) bond motifs is 1. The molecule has 1 atom stereocenters. The van der Waals surface area contributed by atoms with Crippen molar-refractivity contribution >= 4 is 17.2 Å². The van der Waals surface area contributed by atoms with Gasteiger partial charge in [0.05, 0.1) is 16.7 Å². The minimum absolute atomic E-state index is 0.137. The molecule has 0 saturated carbocycles. The van der Waals surface area contributed by atoms with Crippen molar-refractivity contribution in [1.82, 2.24) is 15.0 Å². The molecule has 0 bridgehead atoms. The summed E-state index contributed by atoms with van der Waals surface area (Å²) in [6.45, 7) is 2.03. The first-order chi connectivity index (χ1) is 9.28. The van der Waals surface area contributed by atoms with Gasteiger partial charge in [-0.25, -0.2) is 15.0 Å². The highest BCUT2D eigenvalue weighted by molar-refractivity contribution is 7.11. The molecule has 3 rings (SSSR count). The molecule has 19 heavy (non-hydrogen) atoms. The van der Waals surface area contributed by atoms with Gasteiger partial charge in [0.2, 0.25) is 0 Å². The van der Waals surface area contributed by atoms with Gasteiger partial charge in [-0.15, -0.1) is 11.3 Å². The smallest absolute Gasteiger partial charge is 0.182 e. The number of rotatable bonds is 2. The van der Waals surface area contributed by atoms with Crippen LogP contribution in [0.25, 0.3) is 0 Å². The second-order valence-corrected chi connectivity index (χ2v) is 5.78. The van der Waals surface area contributed by atoms with Gasteiger partial charge < -0.3 is 5.32 Å². The Morgan fingerprint density at radius 2 is 2.26 bits per heavy atom. The summed E-state index contributed by atoms with van der Waals surface area (Å²) in [5.74, 6) is 0.550. The van der Waals surface area contributed by atoms with E-state index in [0.717, 1.165) is 30.0 Å². The molecule has 0 radical (unpaired) electrons. The molecule has 2 aromatic heterocycles. The van der Waals surface area contributed by atoms with Crippen molar-refractivity contribution in [2.45, 2.75) is 32.2 Å². The number of thiazole rings is 1. The number of hydrogen-bond acceptors (Lipinski definition) is 6. The van der Waals surface area contributed by atoms with Gasteiger partial charge in [-0.05, 0) is 26.2 Å². The molecular formula is C13H13N5S. The molecular weight excluding hydrogens is 258 g/mol. The van der Waals surface area contributed by atoms with Gasteiger partial charge in [0.15, 0.2) is 11.5 Å². The van der Waals surface area contributed by atoms with Crippen LogP contribution in [0.4, 0.5) is 5.82 Å². The topological polar surface area (TPSA) is 74.5 Å². The molecule has 5 nitrogen and oxygen atoms in total. The first-order valence-electron chi connectivity index (χ1n) is 6.22. The molecule has 6 heteroatoms. The molecule has 0 saturated heterocycles. The number of nitrogens with zero attached hydrogens (tertiary/aromatic N) is 4. The second-order valence-electron chi connectivity index (χ2n) is 4.50. The van der Waals surface area contributed by atoms with E-state index in [2.05, 4.69) is 26.3 Å². The summed E-state index contributed by atoms with van der Waals surface area (Å²) in [6.07, 6.45) is 6.37. The van der Waals surface area contributed by atoms with Crippen molar-refractivity contribution in [1.29, 1.82) is 5.26 Å². The highest BCUT2D eigenvalue weighted by Crippen LogP contribution is 2.35. The largest absolute Gasteiger partial charge is 0.359 e. The Kier molecular flexibility index (Phi) is 3.13. The van der Waals surface area contributed by atoms with Crippen molar-refractivity contribution in [3.63, 3.8) is 0 Å². The minimum Gasteiger partial charge on any atom is -0.359 e. The lowest BCUT2D eigenvalue weighted by Crippen LogP contribution is -2.18. The number of nitriles is 1. The van der Waals surface area contributed by atoms with Crippen LogP contribution in [0.3, 0.4) is 0 Å². The molecule has 0 aromatic carbocycles. The van der Waals surface area contributed by atoms with E-state index in [-0.39, 0.29) is 6.04 Å². The zero-order valence-corrected chi connectivity index (χ0v) is 11.4. The van der Waals surface area contributed by atoms with E-state index in [9.17, 15) is 0 Å². The molecule has 0 spiro atoms. The van der Waals surface area contributed by atoms with Crippen molar-refractivity contribution in [3.8, 4) is 6.07 Å². The summed E-state index contributed by atoms with van der Waals surface area (Å²) >= 11 is 1.76. The molecule has 0 amide bonds. The average molecular weight is 271 g/mol. The fraction of sp³-hybridized carbons (Fsp3) is 0.385. The Hall–Kier alpha value is -2.00. The SMILES string of the molecule is Cc1nc2c(s1)CCC[C@H]2Nc1nccnc1C#N. The predicted octanol–water partition coefficient (Wildman–Crippen LogP) is 2.60. The molecule has 0 unspecified atom stereocenters. The van der Waals surface area contributed by atoms with Gasteiger partial charge in [-0.2, -0.15) is 5.26 Å². The molecule has 96 valence electrons. The molecule has 1 N–H and O–H groups in total. The Bertz CT molecular complexity index is 643. The Labute approximate surface area is 115 Å². The normalized spacial score (nSPS) is 17.6. The van der Waals surface area contributed by atoms with Crippen molar-refractivity contribution < 1.29 is 0 Å². The zero-order valence-electron chi connectivity index (χ0n) is 10.6. The Balaban J connectivity index is 1.91.